The van der Waals surface area contributed by atoms with Gasteiger partial charge in [0.25, 0.3) is 11.8 Å². The molecule has 1 aliphatic rings. The molecule has 2 amide bonds. The Morgan fingerprint density at radius 2 is 1.92 bits per heavy atom. The molecule has 0 aliphatic carbocycles. The largest absolute Gasteiger partial charge is 0.477 e. The fourth-order valence-electron chi connectivity index (χ4n) is 2.50. The predicted molar refractivity (Wildman–Crippen MR) is 84.6 cm³/mol. The number of hydrogen-bond acceptors (Lipinski definition) is 5. The van der Waals surface area contributed by atoms with Crippen LogP contribution in [0.5, 0.6) is 11.8 Å². The maximum atomic E-state index is 13.6. The molecule has 1 unspecified atom stereocenters. The van der Waals surface area contributed by atoms with Gasteiger partial charge >= 0.3 is 6.03 Å². The van der Waals surface area contributed by atoms with E-state index in [4.69, 9.17) is 9.47 Å². The molecule has 1 fully saturated rings. The molecule has 25 heavy (non-hydrogen) atoms. The number of nitrogens with zero attached hydrogens (tertiary/aromatic N) is 3. The molecule has 3 rings (SSSR count). The quantitative estimate of drug-likeness (QED) is 0.917. The van der Waals surface area contributed by atoms with E-state index < -0.39 is 23.4 Å². The number of para-hydroxylation sites is 1. The van der Waals surface area contributed by atoms with Crippen molar-refractivity contribution < 1.29 is 23.0 Å². The third kappa shape index (κ3) is 3.76. The number of halogens is 2. The van der Waals surface area contributed by atoms with Crippen molar-refractivity contribution in [2.24, 2.45) is 0 Å². The molecule has 132 valence electrons. The first-order valence-corrected chi connectivity index (χ1v) is 7.60. The van der Waals surface area contributed by atoms with Gasteiger partial charge in [0, 0.05) is 25.4 Å². The molecular weight excluding hydrogens is 334 g/mol. The van der Waals surface area contributed by atoms with Gasteiger partial charge in [-0.3, -0.25) is 0 Å². The molecule has 1 aliphatic heterocycles. The van der Waals surface area contributed by atoms with Crippen molar-refractivity contribution in [1.29, 1.82) is 0 Å². The van der Waals surface area contributed by atoms with E-state index in [1.54, 1.807) is 0 Å². The zero-order chi connectivity index (χ0) is 17.8. The summed E-state index contributed by atoms with van der Waals surface area (Å²) in [4.78, 5) is 21.7. The summed E-state index contributed by atoms with van der Waals surface area (Å²) in [6.45, 7) is 0.636. The Morgan fingerprint density at radius 3 is 2.60 bits per heavy atom. The van der Waals surface area contributed by atoms with E-state index in [0.29, 0.717) is 13.0 Å². The van der Waals surface area contributed by atoms with Gasteiger partial charge in [-0.2, -0.15) is 0 Å². The number of hydrogen-bond donors (Lipinski definition) is 1. The monoisotopic (exact) mass is 350 g/mol. The Kier molecular flexibility index (Phi) is 4.92. The van der Waals surface area contributed by atoms with Crippen molar-refractivity contribution in [1.82, 2.24) is 14.9 Å². The van der Waals surface area contributed by atoms with E-state index in [1.807, 2.05) is 0 Å². The van der Waals surface area contributed by atoms with Crippen molar-refractivity contribution >= 4 is 11.7 Å². The van der Waals surface area contributed by atoms with Crippen molar-refractivity contribution in [3.8, 4) is 11.8 Å². The van der Waals surface area contributed by atoms with Crippen LogP contribution in [0, 0.1) is 11.6 Å². The number of likely N-dealkylation sites (tertiary alicyclic amines) is 1. The molecule has 0 spiro atoms. The zero-order valence-electron chi connectivity index (χ0n) is 13.4. The van der Waals surface area contributed by atoms with E-state index in [1.165, 1.54) is 30.5 Å². The third-order valence-corrected chi connectivity index (χ3v) is 3.73. The van der Waals surface area contributed by atoms with Gasteiger partial charge in [0.15, 0.2) is 0 Å². The smallest absolute Gasteiger partial charge is 0.322 e. The van der Waals surface area contributed by atoms with Crippen molar-refractivity contribution in [2.45, 2.75) is 12.5 Å². The van der Waals surface area contributed by atoms with Gasteiger partial charge in [-0.05, 0) is 12.1 Å². The highest BCUT2D eigenvalue weighted by molar-refractivity contribution is 5.89. The molecular formula is C16H16F2N4O3. The van der Waals surface area contributed by atoms with Crippen LogP contribution in [0.1, 0.15) is 6.42 Å². The molecule has 7 nitrogen and oxygen atoms in total. The van der Waals surface area contributed by atoms with Crippen LogP contribution >= 0.6 is 0 Å². The summed E-state index contributed by atoms with van der Waals surface area (Å²) in [5.41, 5.74) is -0.465. The van der Waals surface area contributed by atoms with Crippen LogP contribution in [0.3, 0.4) is 0 Å². The number of carbonyl (C=O) groups is 1. The number of rotatable bonds is 4. The lowest BCUT2D eigenvalue weighted by atomic mass is 10.3. The number of anilines is 1. The number of amides is 2. The zero-order valence-corrected chi connectivity index (χ0v) is 13.4. The Hall–Kier alpha value is -2.97. The van der Waals surface area contributed by atoms with E-state index in [-0.39, 0.29) is 24.4 Å². The van der Waals surface area contributed by atoms with Gasteiger partial charge < -0.3 is 19.7 Å². The number of methoxy groups -OCH3 is 1. The minimum absolute atomic E-state index is 0.234. The molecule has 1 N–H and O–H groups in total. The molecule has 0 saturated carbocycles. The van der Waals surface area contributed by atoms with Crippen molar-refractivity contribution in [3.05, 3.63) is 42.2 Å². The SMILES string of the molecule is COc1nccnc1OC1CCN(C(=O)Nc2c(F)cccc2F)C1. The second-order valence-corrected chi connectivity index (χ2v) is 5.37. The Bertz CT molecular complexity index is 755. The summed E-state index contributed by atoms with van der Waals surface area (Å²) in [5, 5.41) is 2.26. The van der Waals surface area contributed by atoms with Gasteiger partial charge in [-0.1, -0.05) is 6.07 Å². The molecule has 1 saturated heterocycles. The lowest BCUT2D eigenvalue weighted by Gasteiger charge is -2.18. The maximum Gasteiger partial charge on any atom is 0.322 e. The first kappa shape index (κ1) is 16.9. The summed E-state index contributed by atoms with van der Waals surface area (Å²) >= 11 is 0. The van der Waals surface area contributed by atoms with E-state index in [9.17, 15) is 13.6 Å². The first-order valence-electron chi connectivity index (χ1n) is 7.60. The molecule has 2 heterocycles. The topological polar surface area (TPSA) is 76.6 Å². The number of aromatic nitrogens is 2. The molecule has 1 aromatic carbocycles. The number of carbonyl (C=O) groups excluding carboxylic acids is 1. The molecule has 1 aromatic heterocycles. The molecule has 0 bridgehead atoms. The number of urea groups is 1. The molecule has 0 radical (unpaired) electrons. The lowest BCUT2D eigenvalue weighted by molar-refractivity contribution is 0.182. The Morgan fingerprint density at radius 1 is 1.24 bits per heavy atom. The average Bonchev–Trinajstić information content (AvgIpc) is 3.07. The lowest BCUT2D eigenvalue weighted by Crippen LogP contribution is -2.35. The molecule has 2 aromatic rings. The second-order valence-electron chi connectivity index (χ2n) is 5.37. The van der Waals surface area contributed by atoms with Crippen molar-refractivity contribution in [2.75, 3.05) is 25.5 Å². The minimum atomic E-state index is -0.829. The Balaban J connectivity index is 1.62. The van der Waals surface area contributed by atoms with Gasteiger partial charge in [-0.25, -0.2) is 23.5 Å². The number of ether oxygens (including phenoxy) is 2. The fraction of sp³-hybridized carbons (Fsp3) is 0.312. The second kappa shape index (κ2) is 7.29. The normalized spacial score (nSPS) is 16.6. The fourth-order valence-corrected chi connectivity index (χ4v) is 2.50. The van der Waals surface area contributed by atoms with Gasteiger partial charge in [-0.15, -0.1) is 0 Å². The summed E-state index contributed by atoms with van der Waals surface area (Å²) in [6.07, 6.45) is 3.18. The molecule has 1 atom stereocenters. The van der Waals surface area contributed by atoms with E-state index in [0.717, 1.165) is 12.1 Å². The number of nitrogens with one attached hydrogen (secondary N) is 1. The van der Waals surface area contributed by atoms with Crippen LogP contribution in [0.15, 0.2) is 30.6 Å². The predicted octanol–water partition coefficient (Wildman–Crippen LogP) is 2.45. The first-order chi connectivity index (χ1) is 12.1. The molecule has 9 heteroatoms. The maximum absolute atomic E-state index is 13.6. The summed E-state index contributed by atoms with van der Waals surface area (Å²) < 4.78 is 38.0. The summed E-state index contributed by atoms with van der Waals surface area (Å²) in [6, 6.07) is 2.79. The van der Waals surface area contributed by atoms with E-state index >= 15 is 0 Å². The highest BCUT2D eigenvalue weighted by Crippen LogP contribution is 2.25. The third-order valence-electron chi connectivity index (χ3n) is 3.73. The van der Waals surface area contributed by atoms with Crippen molar-refractivity contribution in [3.63, 3.8) is 0 Å². The van der Waals surface area contributed by atoms with Gasteiger partial charge in [0.1, 0.15) is 23.4 Å². The van der Waals surface area contributed by atoms with Gasteiger partial charge in [0.2, 0.25) is 0 Å². The highest BCUT2D eigenvalue weighted by atomic mass is 19.1. The minimum Gasteiger partial charge on any atom is -0.477 e. The van der Waals surface area contributed by atoms with Crippen LogP contribution in [0.2, 0.25) is 0 Å². The van der Waals surface area contributed by atoms with Crippen LogP contribution < -0.4 is 14.8 Å². The summed E-state index contributed by atoms with van der Waals surface area (Å²) in [5.74, 6) is -1.18. The summed E-state index contributed by atoms with van der Waals surface area (Å²) in [7, 11) is 1.45. The van der Waals surface area contributed by atoms with Crippen LogP contribution in [0.4, 0.5) is 19.3 Å². The van der Waals surface area contributed by atoms with Crippen LogP contribution in [-0.4, -0.2) is 47.2 Å². The van der Waals surface area contributed by atoms with E-state index in [2.05, 4.69) is 15.3 Å². The van der Waals surface area contributed by atoms with Gasteiger partial charge in [0.05, 0.1) is 13.7 Å². The van der Waals surface area contributed by atoms with Crippen LogP contribution in [0.25, 0.3) is 0 Å². The average molecular weight is 350 g/mol. The number of benzene rings is 1. The van der Waals surface area contributed by atoms with Crippen LogP contribution in [-0.2, 0) is 0 Å². The highest BCUT2D eigenvalue weighted by Gasteiger charge is 2.29. The Labute approximate surface area is 142 Å². The standard InChI is InChI=1S/C16H16F2N4O3/c1-24-14-15(20-7-6-19-14)25-10-5-8-22(9-10)16(23)21-13-11(17)3-2-4-12(13)18/h2-4,6-7,10H,5,8-9H2,1H3,(H,21,23).